The molecule has 1 N–H and O–H groups in total. The lowest BCUT2D eigenvalue weighted by Crippen LogP contribution is -2.51. The number of nitrogens with one attached hydrogen (secondary N) is 1. The molecule has 186 valence electrons. The molecule has 5 rings (SSSR count). The minimum absolute atomic E-state index is 0.0591. The van der Waals surface area contributed by atoms with Crippen LogP contribution in [0.5, 0.6) is 11.5 Å². The number of nitrogens with zero attached hydrogens (tertiary/aromatic N) is 2. The molecule has 6 nitrogen and oxygen atoms in total. The predicted molar refractivity (Wildman–Crippen MR) is 120 cm³/mol. The van der Waals surface area contributed by atoms with Crippen LogP contribution in [0.3, 0.4) is 0 Å². The number of ether oxygens (including phenoxy) is 2. The minimum Gasteiger partial charge on any atom is -0.434 e. The summed E-state index contributed by atoms with van der Waals surface area (Å²) in [6.45, 7) is 0.0657. The molecule has 36 heavy (non-hydrogen) atoms. The van der Waals surface area contributed by atoms with E-state index in [4.69, 9.17) is 11.6 Å². The van der Waals surface area contributed by atoms with Crippen molar-refractivity contribution in [3.63, 3.8) is 0 Å². The molecule has 0 saturated carbocycles. The molecular formula is C24H15ClF5N3O3. The van der Waals surface area contributed by atoms with Crippen LogP contribution in [-0.4, -0.2) is 34.7 Å². The highest BCUT2D eigenvalue weighted by Crippen LogP contribution is 2.48. The van der Waals surface area contributed by atoms with E-state index < -0.39 is 46.5 Å². The quantitative estimate of drug-likeness (QED) is 0.327. The molecule has 12 heteroatoms. The molecule has 2 heterocycles. The number of amides is 2. The fourth-order valence-electron chi connectivity index (χ4n) is 3.80. The van der Waals surface area contributed by atoms with Crippen LogP contribution in [0.15, 0.2) is 71.8 Å². The first-order valence-corrected chi connectivity index (χ1v) is 10.9. The summed E-state index contributed by atoms with van der Waals surface area (Å²) in [6.07, 6.45) is -4.43. The molecule has 2 atom stereocenters. The Morgan fingerprint density at radius 1 is 0.944 bits per heavy atom. The number of hydrogen-bond donors (Lipinski definition) is 1. The van der Waals surface area contributed by atoms with Crippen molar-refractivity contribution in [3.05, 3.63) is 89.5 Å². The number of carbonyl (C=O) groups is 1. The van der Waals surface area contributed by atoms with Crippen molar-refractivity contribution in [1.82, 2.24) is 5.01 Å². The number of urea groups is 1. The third kappa shape index (κ3) is 4.41. The molecule has 2 aliphatic heterocycles. The summed E-state index contributed by atoms with van der Waals surface area (Å²) in [4.78, 5) is 13.0. The number of benzene rings is 3. The maximum absolute atomic E-state index is 13.9. The van der Waals surface area contributed by atoms with E-state index in [1.54, 1.807) is 12.1 Å². The van der Waals surface area contributed by atoms with Gasteiger partial charge in [-0.3, -0.25) is 0 Å². The lowest BCUT2D eigenvalue weighted by Gasteiger charge is -2.33. The normalized spacial score (nSPS) is 22.2. The zero-order valence-corrected chi connectivity index (χ0v) is 18.8. The van der Waals surface area contributed by atoms with Gasteiger partial charge in [0.1, 0.15) is 11.6 Å². The molecule has 0 saturated heterocycles. The van der Waals surface area contributed by atoms with Gasteiger partial charge in [-0.2, -0.15) is 18.3 Å². The molecule has 0 aliphatic carbocycles. The van der Waals surface area contributed by atoms with E-state index in [9.17, 15) is 26.7 Å². The number of hydrazone groups is 1. The molecule has 2 aliphatic rings. The second kappa shape index (κ2) is 8.66. The summed E-state index contributed by atoms with van der Waals surface area (Å²) in [5, 5.41) is 4.07. The van der Waals surface area contributed by atoms with Gasteiger partial charge in [-0.15, -0.1) is 0 Å². The van der Waals surface area contributed by atoms with E-state index in [0.717, 1.165) is 17.1 Å². The molecule has 0 spiro atoms. The van der Waals surface area contributed by atoms with Gasteiger partial charge >= 0.3 is 17.5 Å². The Balaban J connectivity index is 1.40. The molecule has 0 bridgehead atoms. The first-order valence-electron chi connectivity index (χ1n) is 10.5. The van der Waals surface area contributed by atoms with Crippen molar-refractivity contribution >= 4 is 29.0 Å². The first kappa shape index (κ1) is 23.9. The third-order valence-electron chi connectivity index (χ3n) is 5.57. The van der Waals surface area contributed by atoms with Crippen molar-refractivity contribution in [1.29, 1.82) is 0 Å². The van der Waals surface area contributed by atoms with Gasteiger partial charge in [0.15, 0.2) is 11.5 Å². The summed E-state index contributed by atoms with van der Waals surface area (Å²) >= 11 is 5.10. The van der Waals surface area contributed by atoms with Crippen LogP contribution in [0.1, 0.15) is 17.0 Å². The monoisotopic (exact) mass is 523 g/mol. The van der Waals surface area contributed by atoms with Crippen LogP contribution in [0.4, 0.5) is 32.4 Å². The van der Waals surface area contributed by atoms with Crippen LogP contribution in [0.25, 0.3) is 0 Å². The summed E-state index contributed by atoms with van der Waals surface area (Å²) in [6, 6.07) is 13.9. The largest absolute Gasteiger partial charge is 0.488 e. The lowest BCUT2D eigenvalue weighted by molar-refractivity contribution is -0.303. The van der Waals surface area contributed by atoms with Crippen LogP contribution >= 0.6 is 11.6 Å². The Labute approximate surface area is 205 Å². The topological polar surface area (TPSA) is 63.2 Å². The Hall–Kier alpha value is -3.86. The van der Waals surface area contributed by atoms with Gasteiger partial charge in [0.2, 0.25) is 0 Å². The van der Waals surface area contributed by atoms with E-state index >= 15 is 0 Å². The van der Waals surface area contributed by atoms with Crippen molar-refractivity contribution in [2.75, 3.05) is 11.9 Å². The third-order valence-corrected chi connectivity index (χ3v) is 5.87. The fourth-order valence-corrected chi connectivity index (χ4v) is 3.92. The van der Waals surface area contributed by atoms with E-state index in [1.807, 2.05) is 0 Å². The van der Waals surface area contributed by atoms with Crippen molar-refractivity contribution in [2.45, 2.75) is 17.3 Å². The fraction of sp³-hybridized carbons (Fsp3) is 0.167. The molecule has 0 fully saturated rings. The number of anilines is 1. The zero-order chi connectivity index (χ0) is 25.7. The summed E-state index contributed by atoms with van der Waals surface area (Å²) in [5.41, 5.74) is 1.74. The highest BCUT2D eigenvalue weighted by Gasteiger charge is 2.63. The van der Waals surface area contributed by atoms with Gasteiger partial charge in [-0.1, -0.05) is 24.3 Å². The molecule has 2 amide bonds. The minimum atomic E-state index is -4.43. The van der Waals surface area contributed by atoms with Gasteiger partial charge in [0.05, 0.1) is 12.3 Å². The summed E-state index contributed by atoms with van der Waals surface area (Å²) < 4.78 is 76.8. The Kier molecular flexibility index (Phi) is 5.74. The van der Waals surface area contributed by atoms with Crippen LogP contribution in [-0.2, 0) is 0 Å². The molecule has 0 aromatic heterocycles. The van der Waals surface area contributed by atoms with Gasteiger partial charge in [0.25, 0.3) is 0 Å². The standard InChI is InChI=1S/C24H15ClF5N3O3/c25-23(28)24(29,30)36-19-10-9-17(11-20(19)35-23)31-22(34)33-12-18(13-1-5-15(26)6-2-13)21(32-33)14-3-7-16(27)8-4-14/h1-11,18H,12H2,(H,31,34). The Morgan fingerprint density at radius 3 is 2.25 bits per heavy atom. The lowest BCUT2D eigenvalue weighted by atomic mass is 9.90. The average molecular weight is 524 g/mol. The number of fused-ring (bicyclic) bond motifs is 1. The molecule has 3 aromatic rings. The van der Waals surface area contributed by atoms with Gasteiger partial charge < -0.3 is 14.8 Å². The maximum atomic E-state index is 13.9. The number of rotatable bonds is 3. The number of alkyl halides is 4. The summed E-state index contributed by atoms with van der Waals surface area (Å²) in [7, 11) is 0. The van der Waals surface area contributed by atoms with E-state index in [1.165, 1.54) is 42.5 Å². The number of hydrogen-bond acceptors (Lipinski definition) is 4. The van der Waals surface area contributed by atoms with E-state index in [-0.39, 0.29) is 12.2 Å². The van der Waals surface area contributed by atoms with Crippen molar-refractivity contribution in [2.24, 2.45) is 5.10 Å². The second-order valence-electron chi connectivity index (χ2n) is 8.01. The van der Waals surface area contributed by atoms with Gasteiger partial charge in [-0.25, -0.2) is 18.6 Å². The number of carbonyl (C=O) groups excluding carboxylic acids is 1. The summed E-state index contributed by atoms with van der Waals surface area (Å²) in [5.74, 6) is -2.25. The highest BCUT2D eigenvalue weighted by atomic mass is 35.5. The average Bonchev–Trinajstić information content (AvgIpc) is 3.26. The highest BCUT2D eigenvalue weighted by molar-refractivity contribution is 6.22. The zero-order valence-electron chi connectivity index (χ0n) is 18.0. The van der Waals surface area contributed by atoms with Gasteiger partial charge in [-0.05, 0) is 59.1 Å². The van der Waals surface area contributed by atoms with Crippen LogP contribution in [0, 0.1) is 11.6 Å². The van der Waals surface area contributed by atoms with Gasteiger partial charge in [0, 0.05) is 17.7 Å². The predicted octanol–water partition coefficient (Wildman–Crippen LogP) is 6.23. The molecule has 2 unspecified atom stereocenters. The SMILES string of the molecule is O=C(Nc1ccc2c(c1)OC(F)(Cl)C(F)(F)O2)N1CC(c2ccc(F)cc2)C(c2ccc(F)cc2)=N1. The molecule has 0 radical (unpaired) electrons. The Bertz CT molecular complexity index is 1350. The van der Waals surface area contributed by atoms with Crippen LogP contribution in [0.2, 0.25) is 0 Å². The number of halogens is 6. The maximum Gasteiger partial charge on any atom is 0.488 e. The van der Waals surface area contributed by atoms with E-state index in [0.29, 0.717) is 16.8 Å². The molecule has 3 aromatic carbocycles. The smallest absolute Gasteiger partial charge is 0.434 e. The second-order valence-corrected chi connectivity index (χ2v) is 8.49. The Morgan fingerprint density at radius 2 is 1.58 bits per heavy atom. The van der Waals surface area contributed by atoms with E-state index in [2.05, 4.69) is 19.9 Å². The van der Waals surface area contributed by atoms with Crippen molar-refractivity contribution in [3.8, 4) is 11.5 Å². The van der Waals surface area contributed by atoms with Crippen LogP contribution < -0.4 is 14.8 Å². The first-order chi connectivity index (χ1) is 17.0. The molecular weight excluding hydrogens is 509 g/mol. The van der Waals surface area contributed by atoms with Crippen molar-refractivity contribution < 1.29 is 36.2 Å².